The number of ether oxygens (including phenoxy) is 1. The van der Waals surface area contributed by atoms with E-state index in [9.17, 15) is 28.5 Å². The summed E-state index contributed by atoms with van der Waals surface area (Å²) in [4.78, 5) is 57.5. The van der Waals surface area contributed by atoms with E-state index < -0.39 is 54.1 Å². The number of aliphatic hydroxyl groups is 1. The number of nitrogens with one attached hydrogen (secondary N) is 1. The van der Waals surface area contributed by atoms with Gasteiger partial charge < -0.3 is 35.2 Å². The van der Waals surface area contributed by atoms with Crippen molar-refractivity contribution in [2.24, 2.45) is 0 Å². The Hall–Kier alpha value is -1.52. The number of nitrogens with two attached hydrogens (primary N) is 1. The lowest BCUT2D eigenvalue weighted by molar-refractivity contribution is -0.0423. The molecule has 0 amide bonds. The number of hydrogen-bond acceptors (Lipinski definition) is 12. The summed E-state index contributed by atoms with van der Waals surface area (Å²) in [5.41, 5.74) is 4.89. The SMILES string of the molecule is [15NH2]c1[15n]c2c([15n]c[15n]2[C@H]2C[C@H](O)[C@@H](COP(=O)(O)OP(=O)(O)OP(=O)(O)O)O2)c(=O)[15nH]1. The molecule has 0 aliphatic carbocycles. The van der Waals surface area contributed by atoms with Gasteiger partial charge >= 0.3 is 23.5 Å². The van der Waals surface area contributed by atoms with Gasteiger partial charge in [-0.15, -0.1) is 0 Å². The van der Waals surface area contributed by atoms with E-state index in [-0.39, 0.29) is 23.5 Å². The third-order valence-corrected chi connectivity index (χ3v) is 7.59. The molecule has 1 saturated heterocycles. The second-order valence-corrected chi connectivity index (χ2v) is 10.5. The lowest BCUT2D eigenvalue weighted by Gasteiger charge is -2.19. The fourth-order valence-electron chi connectivity index (χ4n) is 2.66. The van der Waals surface area contributed by atoms with Crippen LogP contribution in [0.1, 0.15) is 12.6 Å². The van der Waals surface area contributed by atoms with Crippen molar-refractivity contribution in [1.82, 2.24) is 19.5 Å². The number of aromatic nitrogens is 4. The molecule has 31 heavy (non-hydrogen) atoms. The summed E-state index contributed by atoms with van der Waals surface area (Å²) in [6.07, 6.45) is -2.36. The molecule has 2 unspecified atom stereocenters. The Kier molecular flexibility index (Phi) is 6.57. The van der Waals surface area contributed by atoms with Crippen LogP contribution in [0, 0.1) is 0 Å². The molecule has 8 N–H and O–H groups in total. The van der Waals surface area contributed by atoms with E-state index in [0.29, 0.717) is 0 Å². The van der Waals surface area contributed by atoms with Crippen molar-refractivity contribution in [3.63, 3.8) is 0 Å². The van der Waals surface area contributed by atoms with Gasteiger partial charge in [0.1, 0.15) is 12.3 Å². The number of aliphatic hydroxyl groups excluding tert-OH is 1. The first-order valence-electron chi connectivity index (χ1n) is 8.00. The number of anilines is 1. The molecule has 0 aromatic carbocycles. The Balaban J connectivity index is 1.67. The Morgan fingerprint density at radius 1 is 1.23 bits per heavy atom. The number of H-pyrrole nitrogens is 1. The minimum atomic E-state index is -5.67. The number of aromatic amines is 1. The molecule has 0 radical (unpaired) electrons. The van der Waals surface area contributed by atoms with Crippen molar-refractivity contribution >= 4 is 40.6 Å². The van der Waals surface area contributed by atoms with Gasteiger partial charge in [-0.25, -0.2) is 18.7 Å². The summed E-state index contributed by atoms with van der Waals surface area (Å²) < 4.78 is 52.1. The standard InChI is InChI=1S/C10H16N5O13P3/c11-10-13-8-7(9(17)14-10)12-3-15(8)6-1-4(16)5(26-6)2-25-30(21,22)28-31(23,24)27-29(18,19)20/h3-6,16H,1-2H2,(H,21,22)(H,23,24)(H2,18,19,20)(H3,11,13,14,17)/t4-,5+,6+/m0/s1/i11+1,12+1,13+1,14+1,15+1. The predicted octanol–water partition coefficient (Wildman–Crippen LogP) is -1.31. The van der Waals surface area contributed by atoms with E-state index in [1.54, 1.807) is 0 Å². The smallest absolute Gasteiger partial charge is 0.390 e. The molecule has 5 atom stereocenters. The summed E-state index contributed by atoms with van der Waals surface area (Å²) in [6.45, 7) is -0.843. The number of fused-ring (bicyclic) bond motifs is 1. The van der Waals surface area contributed by atoms with Gasteiger partial charge in [0.15, 0.2) is 11.2 Å². The molecule has 0 saturated carbocycles. The first-order valence-corrected chi connectivity index (χ1v) is 12.5. The quantitative estimate of drug-likeness (QED) is 0.160. The van der Waals surface area contributed by atoms with Crippen LogP contribution in [0.3, 0.4) is 0 Å². The number of phosphoric ester groups is 1. The monoisotopic (exact) mass is 512 g/mol. The average Bonchev–Trinajstić information content (AvgIpc) is 3.13. The third-order valence-electron chi connectivity index (χ3n) is 3.78. The molecule has 1 fully saturated rings. The molecule has 21 heteroatoms. The largest absolute Gasteiger partial charge is 0.490 e. The first-order chi connectivity index (χ1) is 14.2. The van der Waals surface area contributed by atoms with Crippen molar-refractivity contribution < 1.29 is 56.3 Å². The molecule has 2 aromatic heterocycles. The van der Waals surface area contributed by atoms with Gasteiger partial charge in [-0.1, -0.05) is 0 Å². The molecule has 0 spiro atoms. The molecule has 3 rings (SSSR count). The van der Waals surface area contributed by atoms with Crippen LogP contribution in [0.15, 0.2) is 11.1 Å². The van der Waals surface area contributed by atoms with Crippen LogP contribution in [0.25, 0.3) is 11.2 Å². The molecule has 3 heterocycles. The molecular weight excluding hydrogens is 496 g/mol. The number of nitrogens with zero attached hydrogens (tertiary/aromatic N) is 3. The molecule has 1 aliphatic heterocycles. The Labute approximate surface area is 171 Å². The highest BCUT2D eigenvalue weighted by molar-refractivity contribution is 7.66. The highest BCUT2D eigenvalue weighted by Crippen LogP contribution is 2.66. The topological polar surface area (TPSA) is 279 Å². The Morgan fingerprint density at radius 3 is 2.55 bits per heavy atom. The van der Waals surface area contributed by atoms with Gasteiger partial charge in [-0.2, -0.15) is 13.6 Å². The zero-order chi connectivity index (χ0) is 23.2. The molecule has 18 nitrogen and oxygen atoms in total. The van der Waals surface area contributed by atoms with E-state index in [4.69, 9.17) is 25.2 Å². The fraction of sp³-hybridized carbons (Fsp3) is 0.500. The molecule has 174 valence electrons. The van der Waals surface area contributed by atoms with Gasteiger partial charge in [0.25, 0.3) is 5.56 Å². The van der Waals surface area contributed by atoms with Gasteiger partial charge in [0.2, 0.25) is 5.95 Å². The maximum atomic E-state index is 11.8. The zero-order valence-electron chi connectivity index (χ0n) is 15.0. The van der Waals surface area contributed by atoms with Crippen LogP contribution in [0.4, 0.5) is 5.95 Å². The maximum absolute atomic E-state index is 11.8. The van der Waals surface area contributed by atoms with Gasteiger partial charge in [0, 0.05) is 6.42 Å². The molecular formula is C10H16N5O13P3. The number of rotatable bonds is 8. The van der Waals surface area contributed by atoms with Crippen molar-refractivity contribution in [2.75, 3.05) is 12.3 Å². The molecule has 0 bridgehead atoms. The number of nitrogen functional groups attached to an aromatic ring is 1. The first kappa shape index (κ1) is 24.1. The number of imidazole rings is 1. The van der Waals surface area contributed by atoms with Crippen LogP contribution < -0.4 is 11.3 Å². The van der Waals surface area contributed by atoms with Crippen LogP contribution >= 0.6 is 23.5 Å². The van der Waals surface area contributed by atoms with Crippen molar-refractivity contribution in [1.29, 1.82) is 0 Å². The molecule has 2 aromatic rings. The van der Waals surface area contributed by atoms with Crippen LogP contribution in [0.2, 0.25) is 0 Å². The normalized spacial score (nSPS) is 26.0. The summed E-state index contributed by atoms with van der Waals surface area (Å²) >= 11 is 0. The highest BCUT2D eigenvalue weighted by atomic mass is 31.3. The van der Waals surface area contributed by atoms with Crippen LogP contribution in [-0.4, -0.2) is 63.0 Å². The summed E-state index contributed by atoms with van der Waals surface area (Å²) in [5.74, 6) is -0.193. The fourth-order valence-corrected chi connectivity index (χ4v) is 5.69. The summed E-state index contributed by atoms with van der Waals surface area (Å²) in [5, 5.41) is 10.1. The second kappa shape index (κ2) is 8.44. The highest BCUT2D eigenvalue weighted by Gasteiger charge is 2.43. The molecule has 1 aliphatic rings. The van der Waals surface area contributed by atoms with E-state index in [0.717, 1.165) is 0 Å². The lowest BCUT2D eigenvalue weighted by atomic mass is 10.2. The predicted molar refractivity (Wildman–Crippen MR) is 96.9 cm³/mol. The van der Waals surface area contributed by atoms with Crippen LogP contribution in [-0.2, 0) is 31.6 Å². The van der Waals surface area contributed by atoms with Crippen LogP contribution in [0.5, 0.6) is 0 Å². The minimum absolute atomic E-state index is 0.0481. The van der Waals surface area contributed by atoms with Crippen molar-refractivity contribution in [3.8, 4) is 0 Å². The zero-order valence-corrected chi connectivity index (χ0v) is 17.7. The van der Waals surface area contributed by atoms with E-state index in [1.165, 1.54) is 10.9 Å². The van der Waals surface area contributed by atoms with E-state index >= 15 is 0 Å². The Bertz CT molecular complexity index is 1170. The Morgan fingerprint density at radius 2 is 1.90 bits per heavy atom. The number of phosphoric acid groups is 3. The van der Waals surface area contributed by atoms with E-state index in [2.05, 4.69) is 28.1 Å². The van der Waals surface area contributed by atoms with Gasteiger partial charge in [-0.05, 0) is 0 Å². The van der Waals surface area contributed by atoms with Gasteiger partial charge in [-0.3, -0.25) is 18.9 Å². The summed E-state index contributed by atoms with van der Waals surface area (Å²) in [7, 11) is -16.6. The lowest BCUT2D eigenvalue weighted by Crippen LogP contribution is -2.26. The second-order valence-electron chi connectivity index (χ2n) is 6.09. The van der Waals surface area contributed by atoms with Crippen molar-refractivity contribution in [2.45, 2.75) is 24.9 Å². The summed E-state index contributed by atoms with van der Waals surface area (Å²) in [6, 6.07) is 0. The van der Waals surface area contributed by atoms with E-state index in [1.807, 2.05) is 0 Å². The maximum Gasteiger partial charge on any atom is 0.490 e. The van der Waals surface area contributed by atoms with Crippen molar-refractivity contribution in [3.05, 3.63) is 16.7 Å². The average molecular weight is 512 g/mol. The third kappa shape index (κ3) is 6.04. The minimum Gasteiger partial charge on any atom is -0.390 e. The van der Waals surface area contributed by atoms with Gasteiger partial charge in [0.05, 0.1) is 19.0 Å². The number of hydrogen-bond donors (Lipinski definition) is 7.